The standard InChI is InChI=1S/C13H16F3NO/c1-2-18-12-7-11(8-12)17-10-5-3-4-9(6-10)13(14,15)16/h3-6,11-12,17H,2,7-8H2,1H3. The van der Waals surface area contributed by atoms with Crippen LogP contribution in [0.3, 0.4) is 0 Å². The number of alkyl halides is 3. The number of hydrogen-bond acceptors (Lipinski definition) is 2. The predicted molar refractivity (Wildman–Crippen MR) is 63.5 cm³/mol. The van der Waals surface area contributed by atoms with Crippen LogP contribution in [0, 0.1) is 0 Å². The SMILES string of the molecule is CCOC1CC(Nc2cccc(C(F)(F)F)c2)C1. The van der Waals surface area contributed by atoms with Gasteiger partial charge in [0.05, 0.1) is 11.7 Å². The van der Waals surface area contributed by atoms with Crippen molar-refractivity contribution in [2.24, 2.45) is 0 Å². The molecular formula is C13H16F3NO. The molecule has 0 atom stereocenters. The Labute approximate surface area is 104 Å². The van der Waals surface area contributed by atoms with Gasteiger partial charge in [0.1, 0.15) is 0 Å². The van der Waals surface area contributed by atoms with Gasteiger partial charge in [-0.2, -0.15) is 13.2 Å². The summed E-state index contributed by atoms with van der Waals surface area (Å²) in [7, 11) is 0. The normalized spacial score (nSPS) is 23.6. The van der Waals surface area contributed by atoms with Crippen LogP contribution < -0.4 is 5.32 Å². The molecule has 0 spiro atoms. The van der Waals surface area contributed by atoms with Gasteiger partial charge in [-0.1, -0.05) is 6.07 Å². The second kappa shape index (κ2) is 5.18. The van der Waals surface area contributed by atoms with Gasteiger partial charge in [-0.05, 0) is 38.0 Å². The van der Waals surface area contributed by atoms with E-state index in [2.05, 4.69) is 5.32 Å². The minimum Gasteiger partial charge on any atom is -0.382 e. The van der Waals surface area contributed by atoms with E-state index in [4.69, 9.17) is 4.74 Å². The predicted octanol–water partition coefficient (Wildman–Crippen LogP) is 3.68. The van der Waals surface area contributed by atoms with Crippen LogP contribution in [-0.2, 0) is 10.9 Å². The third kappa shape index (κ3) is 3.16. The Kier molecular flexibility index (Phi) is 3.80. The highest BCUT2D eigenvalue weighted by molar-refractivity contribution is 5.47. The Morgan fingerprint density at radius 1 is 1.33 bits per heavy atom. The second-order valence-electron chi connectivity index (χ2n) is 4.47. The summed E-state index contributed by atoms with van der Waals surface area (Å²) < 4.78 is 43.0. The van der Waals surface area contributed by atoms with E-state index in [1.54, 1.807) is 6.07 Å². The fourth-order valence-corrected chi connectivity index (χ4v) is 2.08. The highest BCUT2D eigenvalue weighted by atomic mass is 19.4. The lowest BCUT2D eigenvalue weighted by molar-refractivity contribution is -0.137. The first-order valence-electron chi connectivity index (χ1n) is 6.04. The molecule has 1 fully saturated rings. The number of ether oxygens (including phenoxy) is 1. The molecule has 0 aromatic heterocycles. The highest BCUT2D eigenvalue weighted by Gasteiger charge is 2.32. The van der Waals surface area contributed by atoms with Gasteiger partial charge in [-0.15, -0.1) is 0 Å². The Hall–Kier alpha value is -1.23. The second-order valence-corrected chi connectivity index (χ2v) is 4.47. The molecule has 0 heterocycles. The molecule has 100 valence electrons. The average molecular weight is 259 g/mol. The lowest BCUT2D eigenvalue weighted by Crippen LogP contribution is -2.40. The molecule has 5 heteroatoms. The van der Waals surface area contributed by atoms with Crippen molar-refractivity contribution in [1.82, 2.24) is 0 Å². The number of benzene rings is 1. The number of nitrogens with one attached hydrogen (secondary N) is 1. The number of halogens is 3. The van der Waals surface area contributed by atoms with Crippen LogP contribution in [-0.4, -0.2) is 18.8 Å². The van der Waals surface area contributed by atoms with E-state index in [-0.39, 0.29) is 12.1 Å². The smallest absolute Gasteiger partial charge is 0.382 e. The van der Waals surface area contributed by atoms with Crippen LogP contribution in [0.15, 0.2) is 24.3 Å². The van der Waals surface area contributed by atoms with Gasteiger partial charge in [0.25, 0.3) is 0 Å². The van der Waals surface area contributed by atoms with Crippen molar-refractivity contribution >= 4 is 5.69 Å². The number of rotatable bonds is 4. The van der Waals surface area contributed by atoms with Crippen molar-refractivity contribution in [3.05, 3.63) is 29.8 Å². The van der Waals surface area contributed by atoms with Crippen molar-refractivity contribution in [2.45, 2.75) is 38.1 Å². The average Bonchev–Trinajstić information content (AvgIpc) is 2.26. The first-order valence-corrected chi connectivity index (χ1v) is 6.04. The molecule has 0 aliphatic heterocycles. The van der Waals surface area contributed by atoms with E-state index >= 15 is 0 Å². The quantitative estimate of drug-likeness (QED) is 0.890. The van der Waals surface area contributed by atoms with E-state index in [1.165, 1.54) is 6.07 Å². The van der Waals surface area contributed by atoms with Crippen LogP contribution in [0.4, 0.5) is 18.9 Å². The zero-order chi connectivity index (χ0) is 13.2. The van der Waals surface area contributed by atoms with Gasteiger partial charge < -0.3 is 10.1 Å². The minimum atomic E-state index is -4.29. The van der Waals surface area contributed by atoms with Gasteiger partial charge >= 0.3 is 6.18 Å². The molecule has 2 rings (SSSR count). The van der Waals surface area contributed by atoms with Gasteiger partial charge in [-0.25, -0.2) is 0 Å². The molecule has 1 aliphatic rings. The molecule has 1 saturated carbocycles. The summed E-state index contributed by atoms with van der Waals surface area (Å²) in [6.07, 6.45) is -2.34. The van der Waals surface area contributed by atoms with Gasteiger partial charge in [0.2, 0.25) is 0 Å². The third-order valence-electron chi connectivity index (χ3n) is 3.06. The summed E-state index contributed by atoms with van der Waals surface area (Å²) in [6.45, 7) is 2.62. The lowest BCUT2D eigenvalue weighted by atomic mass is 9.89. The maximum Gasteiger partial charge on any atom is 0.416 e. The van der Waals surface area contributed by atoms with Crippen molar-refractivity contribution < 1.29 is 17.9 Å². The summed E-state index contributed by atoms with van der Waals surface area (Å²) in [5, 5.41) is 3.10. The van der Waals surface area contributed by atoms with Crippen molar-refractivity contribution in [3.63, 3.8) is 0 Å². The molecule has 0 unspecified atom stereocenters. The highest BCUT2D eigenvalue weighted by Crippen LogP contribution is 2.32. The molecular weight excluding hydrogens is 243 g/mol. The van der Waals surface area contributed by atoms with Crippen LogP contribution in [0.5, 0.6) is 0 Å². The fourth-order valence-electron chi connectivity index (χ4n) is 2.08. The van der Waals surface area contributed by atoms with Gasteiger partial charge in [0.15, 0.2) is 0 Å². The number of hydrogen-bond donors (Lipinski definition) is 1. The first kappa shape index (κ1) is 13.2. The summed E-state index contributed by atoms with van der Waals surface area (Å²) in [6, 6.07) is 5.51. The van der Waals surface area contributed by atoms with Gasteiger partial charge in [-0.3, -0.25) is 0 Å². The van der Waals surface area contributed by atoms with E-state index in [0.29, 0.717) is 12.3 Å². The Morgan fingerprint density at radius 3 is 2.67 bits per heavy atom. The van der Waals surface area contributed by atoms with Crippen LogP contribution in [0.1, 0.15) is 25.3 Å². The molecule has 0 amide bonds. The largest absolute Gasteiger partial charge is 0.416 e. The summed E-state index contributed by atoms with van der Waals surface area (Å²) in [5.41, 5.74) is -0.0991. The third-order valence-corrected chi connectivity index (χ3v) is 3.06. The van der Waals surface area contributed by atoms with E-state index in [0.717, 1.165) is 25.0 Å². The monoisotopic (exact) mass is 259 g/mol. The minimum absolute atomic E-state index is 0.213. The summed E-state index contributed by atoms with van der Waals surface area (Å²) in [4.78, 5) is 0. The van der Waals surface area contributed by atoms with Gasteiger partial charge in [0, 0.05) is 18.3 Å². The zero-order valence-electron chi connectivity index (χ0n) is 10.1. The van der Waals surface area contributed by atoms with Crippen molar-refractivity contribution in [1.29, 1.82) is 0 Å². The molecule has 2 nitrogen and oxygen atoms in total. The molecule has 0 bridgehead atoms. The maximum atomic E-state index is 12.5. The number of anilines is 1. The van der Waals surface area contributed by atoms with E-state index in [1.807, 2.05) is 6.92 Å². The van der Waals surface area contributed by atoms with Crippen LogP contribution in [0.2, 0.25) is 0 Å². The molecule has 0 saturated heterocycles. The molecule has 1 aromatic rings. The molecule has 0 radical (unpaired) electrons. The van der Waals surface area contributed by atoms with Crippen LogP contribution in [0.25, 0.3) is 0 Å². The molecule has 18 heavy (non-hydrogen) atoms. The van der Waals surface area contributed by atoms with E-state index < -0.39 is 11.7 Å². The topological polar surface area (TPSA) is 21.3 Å². The lowest BCUT2D eigenvalue weighted by Gasteiger charge is -2.36. The molecule has 1 N–H and O–H groups in total. The Bertz CT molecular complexity index is 399. The summed E-state index contributed by atoms with van der Waals surface area (Å²) in [5.74, 6) is 0. The van der Waals surface area contributed by atoms with E-state index in [9.17, 15) is 13.2 Å². The fraction of sp³-hybridized carbons (Fsp3) is 0.538. The summed E-state index contributed by atoms with van der Waals surface area (Å²) >= 11 is 0. The molecule has 1 aromatic carbocycles. The maximum absolute atomic E-state index is 12.5. The van der Waals surface area contributed by atoms with Crippen LogP contribution >= 0.6 is 0 Å². The Balaban J connectivity index is 1.91. The zero-order valence-corrected chi connectivity index (χ0v) is 10.1. The Morgan fingerprint density at radius 2 is 2.06 bits per heavy atom. The van der Waals surface area contributed by atoms with Crippen molar-refractivity contribution in [2.75, 3.05) is 11.9 Å². The molecule has 1 aliphatic carbocycles. The first-order chi connectivity index (χ1) is 8.49. The van der Waals surface area contributed by atoms with Crippen molar-refractivity contribution in [3.8, 4) is 0 Å².